The molecular formula is C11H14BrNO3. The summed E-state index contributed by atoms with van der Waals surface area (Å²) in [5.74, 6) is -0.423. The molecule has 0 fully saturated rings. The number of hydrogen-bond acceptors (Lipinski definition) is 4. The van der Waals surface area contributed by atoms with Gasteiger partial charge in [-0.25, -0.2) is 4.79 Å². The van der Waals surface area contributed by atoms with Crippen molar-refractivity contribution in [1.82, 2.24) is 0 Å². The zero-order valence-corrected chi connectivity index (χ0v) is 10.8. The molecule has 1 N–H and O–H groups in total. The fourth-order valence-corrected chi connectivity index (χ4v) is 1.39. The van der Waals surface area contributed by atoms with Crippen LogP contribution >= 0.6 is 15.9 Å². The van der Waals surface area contributed by atoms with E-state index in [1.165, 1.54) is 7.11 Å². The zero-order chi connectivity index (χ0) is 12.0. The van der Waals surface area contributed by atoms with E-state index in [2.05, 4.69) is 21.2 Å². The first-order chi connectivity index (χ1) is 7.67. The highest BCUT2D eigenvalue weighted by Crippen LogP contribution is 2.15. The number of ether oxygens (including phenoxy) is 2. The Hall–Kier alpha value is -1.07. The number of halogens is 1. The number of methoxy groups -OCH3 is 1. The standard InChI is InChI=1S/C11H14BrNO3/c1-3-16-11(14)10(15-2)13-9-6-4-8(12)5-7-9/h4-7,10,13H,3H2,1-2H3. The summed E-state index contributed by atoms with van der Waals surface area (Å²) in [5.41, 5.74) is 0.795. The first-order valence-corrected chi connectivity index (χ1v) is 5.68. The summed E-state index contributed by atoms with van der Waals surface area (Å²) < 4.78 is 10.8. The molecule has 0 spiro atoms. The third-order valence-corrected chi connectivity index (χ3v) is 2.41. The third kappa shape index (κ3) is 3.83. The van der Waals surface area contributed by atoms with E-state index in [0.717, 1.165) is 10.2 Å². The van der Waals surface area contributed by atoms with Crippen LogP contribution in [0.25, 0.3) is 0 Å². The van der Waals surface area contributed by atoms with Gasteiger partial charge >= 0.3 is 5.97 Å². The molecule has 0 saturated carbocycles. The average molecular weight is 288 g/mol. The number of benzene rings is 1. The minimum atomic E-state index is -0.777. The van der Waals surface area contributed by atoms with Crippen molar-refractivity contribution in [2.75, 3.05) is 19.0 Å². The van der Waals surface area contributed by atoms with Crippen LogP contribution in [0, 0.1) is 0 Å². The first kappa shape index (κ1) is 13.0. The predicted molar refractivity (Wildman–Crippen MR) is 65.2 cm³/mol. The second kappa shape index (κ2) is 6.50. The normalized spacial score (nSPS) is 11.9. The monoisotopic (exact) mass is 287 g/mol. The minimum Gasteiger partial charge on any atom is -0.463 e. The second-order valence-corrected chi connectivity index (χ2v) is 3.93. The molecule has 0 aliphatic heterocycles. The SMILES string of the molecule is CCOC(=O)C(Nc1ccc(Br)cc1)OC. The van der Waals surface area contributed by atoms with E-state index in [9.17, 15) is 4.79 Å². The first-order valence-electron chi connectivity index (χ1n) is 4.89. The van der Waals surface area contributed by atoms with Crippen molar-refractivity contribution in [3.8, 4) is 0 Å². The van der Waals surface area contributed by atoms with Gasteiger partial charge in [-0.2, -0.15) is 0 Å². The Morgan fingerprint density at radius 1 is 1.44 bits per heavy atom. The largest absolute Gasteiger partial charge is 0.463 e. The maximum atomic E-state index is 11.4. The molecule has 1 unspecified atom stereocenters. The summed E-state index contributed by atoms with van der Waals surface area (Å²) in [7, 11) is 1.45. The lowest BCUT2D eigenvalue weighted by molar-refractivity contribution is -0.153. The molecule has 5 heteroatoms. The van der Waals surface area contributed by atoms with Crippen LogP contribution in [0.15, 0.2) is 28.7 Å². The van der Waals surface area contributed by atoms with Crippen LogP contribution in [0.5, 0.6) is 0 Å². The Labute approximate surface area is 103 Å². The van der Waals surface area contributed by atoms with E-state index in [1.54, 1.807) is 6.92 Å². The van der Waals surface area contributed by atoms with Crippen molar-refractivity contribution in [3.05, 3.63) is 28.7 Å². The lowest BCUT2D eigenvalue weighted by Gasteiger charge is -2.16. The second-order valence-electron chi connectivity index (χ2n) is 3.02. The van der Waals surface area contributed by atoms with Crippen molar-refractivity contribution in [2.45, 2.75) is 13.2 Å². The fraction of sp³-hybridized carbons (Fsp3) is 0.364. The highest BCUT2D eigenvalue weighted by molar-refractivity contribution is 9.10. The van der Waals surface area contributed by atoms with Gasteiger partial charge in [0.2, 0.25) is 6.23 Å². The van der Waals surface area contributed by atoms with E-state index in [4.69, 9.17) is 9.47 Å². The molecule has 4 nitrogen and oxygen atoms in total. The van der Waals surface area contributed by atoms with E-state index in [-0.39, 0.29) is 0 Å². The van der Waals surface area contributed by atoms with E-state index in [0.29, 0.717) is 6.61 Å². The maximum absolute atomic E-state index is 11.4. The number of hydrogen-bond donors (Lipinski definition) is 1. The van der Waals surface area contributed by atoms with Gasteiger partial charge in [-0.1, -0.05) is 15.9 Å². The van der Waals surface area contributed by atoms with Crippen molar-refractivity contribution >= 4 is 27.6 Å². The van der Waals surface area contributed by atoms with Gasteiger partial charge in [0.1, 0.15) is 0 Å². The molecule has 0 aromatic heterocycles. The topological polar surface area (TPSA) is 47.6 Å². The van der Waals surface area contributed by atoms with Gasteiger partial charge in [0.25, 0.3) is 0 Å². The summed E-state index contributed by atoms with van der Waals surface area (Å²) in [6.45, 7) is 2.09. The third-order valence-electron chi connectivity index (χ3n) is 1.88. The molecular weight excluding hydrogens is 274 g/mol. The van der Waals surface area contributed by atoms with Crippen molar-refractivity contribution in [2.24, 2.45) is 0 Å². The Bertz CT molecular complexity index is 340. The average Bonchev–Trinajstić information content (AvgIpc) is 2.28. The van der Waals surface area contributed by atoms with Gasteiger partial charge in [0.05, 0.1) is 6.61 Å². The van der Waals surface area contributed by atoms with E-state index >= 15 is 0 Å². The number of nitrogens with one attached hydrogen (secondary N) is 1. The van der Waals surface area contributed by atoms with Crippen LogP contribution < -0.4 is 5.32 Å². The van der Waals surface area contributed by atoms with Crippen LogP contribution in [0.4, 0.5) is 5.69 Å². The van der Waals surface area contributed by atoms with Crippen molar-refractivity contribution in [1.29, 1.82) is 0 Å². The van der Waals surface area contributed by atoms with Crippen LogP contribution in [0.1, 0.15) is 6.92 Å². The van der Waals surface area contributed by atoms with Gasteiger partial charge < -0.3 is 14.8 Å². The molecule has 0 radical (unpaired) electrons. The summed E-state index contributed by atoms with van der Waals surface area (Å²) in [5, 5.41) is 2.92. The van der Waals surface area contributed by atoms with Crippen molar-refractivity contribution < 1.29 is 14.3 Å². The highest BCUT2D eigenvalue weighted by Gasteiger charge is 2.18. The number of esters is 1. The number of rotatable bonds is 5. The van der Waals surface area contributed by atoms with Gasteiger partial charge in [0.15, 0.2) is 0 Å². The maximum Gasteiger partial charge on any atom is 0.356 e. The zero-order valence-electron chi connectivity index (χ0n) is 9.20. The molecule has 16 heavy (non-hydrogen) atoms. The van der Waals surface area contributed by atoms with Crippen molar-refractivity contribution in [3.63, 3.8) is 0 Å². The number of carbonyl (C=O) groups is 1. The summed E-state index contributed by atoms with van der Waals surface area (Å²) in [6, 6.07) is 7.44. The highest BCUT2D eigenvalue weighted by atomic mass is 79.9. The molecule has 0 heterocycles. The molecule has 1 aromatic carbocycles. The molecule has 1 aromatic rings. The molecule has 88 valence electrons. The molecule has 1 rings (SSSR count). The number of carbonyl (C=O) groups excluding carboxylic acids is 1. The smallest absolute Gasteiger partial charge is 0.356 e. The molecule has 0 saturated heterocycles. The van der Waals surface area contributed by atoms with Gasteiger partial charge in [-0.05, 0) is 31.2 Å². The van der Waals surface area contributed by atoms with Crippen LogP contribution in [-0.4, -0.2) is 25.9 Å². The van der Waals surface area contributed by atoms with Crippen LogP contribution in [0.3, 0.4) is 0 Å². The molecule has 0 aliphatic carbocycles. The quantitative estimate of drug-likeness (QED) is 0.667. The van der Waals surface area contributed by atoms with Gasteiger partial charge in [-0.15, -0.1) is 0 Å². The summed E-state index contributed by atoms with van der Waals surface area (Å²) >= 11 is 3.33. The Morgan fingerprint density at radius 2 is 2.06 bits per heavy atom. The summed E-state index contributed by atoms with van der Waals surface area (Å²) in [6.07, 6.45) is -0.777. The molecule has 0 amide bonds. The van der Waals surface area contributed by atoms with Crippen LogP contribution in [0.2, 0.25) is 0 Å². The number of anilines is 1. The lowest BCUT2D eigenvalue weighted by Crippen LogP contribution is -2.33. The van der Waals surface area contributed by atoms with Crippen LogP contribution in [-0.2, 0) is 14.3 Å². The molecule has 1 atom stereocenters. The van der Waals surface area contributed by atoms with Gasteiger partial charge in [-0.3, -0.25) is 0 Å². The fourth-order valence-electron chi connectivity index (χ4n) is 1.13. The van der Waals surface area contributed by atoms with E-state index < -0.39 is 12.2 Å². The minimum absolute atomic E-state index is 0.334. The molecule has 0 aliphatic rings. The molecule has 0 bridgehead atoms. The Morgan fingerprint density at radius 3 is 2.56 bits per heavy atom. The van der Waals surface area contributed by atoms with Gasteiger partial charge in [0, 0.05) is 17.3 Å². The predicted octanol–water partition coefficient (Wildman–Crippen LogP) is 2.40. The Balaban J connectivity index is 2.62. The van der Waals surface area contributed by atoms with E-state index in [1.807, 2.05) is 24.3 Å². The lowest BCUT2D eigenvalue weighted by atomic mass is 10.3. The summed E-state index contributed by atoms with van der Waals surface area (Å²) in [4.78, 5) is 11.4. The Kier molecular flexibility index (Phi) is 5.28.